The predicted octanol–water partition coefficient (Wildman–Crippen LogP) is 5.08. The van der Waals surface area contributed by atoms with Gasteiger partial charge in [0.1, 0.15) is 6.61 Å². The molecule has 0 aliphatic heterocycles. The van der Waals surface area contributed by atoms with Gasteiger partial charge in [-0.3, -0.25) is 9.59 Å². The van der Waals surface area contributed by atoms with Crippen molar-refractivity contribution in [2.24, 2.45) is 22.9 Å². The highest BCUT2D eigenvalue weighted by atomic mass is 16.6. The number of aliphatic carboxylic acids is 1. The summed E-state index contributed by atoms with van der Waals surface area (Å²) in [5, 5.41) is 13.7. The summed E-state index contributed by atoms with van der Waals surface area (Å²) in [7, 11) is 0. The lowest BCUT2D eigenvalue weighted by atomic mass is 9.88. The van der Waals surface area contributed by atoms with E-state index in [1.165, 1.54) is 0 Å². The number of carboxylic acids is 1. The summed E-state index contributed by atoms with van der Waals surface area (Å²) in [5.41, 5.74) is 2.36. The number of carbonyl (C=O) groups is 2. The van der Waals surface area contributed by atoms with Crippen molar-refractivity contribution in [1.82, 2.24) is 0 Å². The molecule has 0 amide bonds. The lowest BCUT2D eigenvalue weighted by Crippen LogP contribution is -2.23. The second kappa shape index (κ2) is 13.6. The van der Waals surface area contributed by atoms with Gasteiger partial charge in [0.2, 0.25) is 0 Å². The number of hydrogen-bond acceptors (Lipinski definition) is 5. The second-order valence-corrected chi connectivity index (χ2v) is 7.67. The number of oxime groups is 1. The van der Waals surface area contributed by atoms with Crippen LogP contribution in [0.3, 0.4) is 0 Å². The molecule has 0 spiro atoms. The Bertz CT molecular complexity index is 688. The summed E-state index contributed by atoms with van der Waals surface area (Å²) in [4.78, 5) is 28.9. The molecule has 166 valence electrons. The Morgan fingerprint density at radius 3 is 2.50 bits per heavy atom. The van der Waals surface area contributed by atoms with E-state index in [4.69, 9.17) is 9.57 Å². The molecule has 30 heavy (non-hydrogen) atoms. The quantitative estimate of drug-likeness (QED) is 0.124. The lowest BCUT2D eigenvalue weighted by molar-refractivity contribution is -0.144. The Hall–Kier alpha value is -2.63. The van der Waals surface area contributed by atoms with Crippen molar-refractivity contribution in [3.63, 3.8) is 0 Å². The van der Waals surface area contributed by atoms with Gasteiger partial charge in [-0.1, -0.05) is 43.5 Å². The number of carbonyl (C=O) groups excluding carboxylic acids is 1. The third-order valence-electron chi connectivity index (χ3n) is 4.96. The van der Waals surface area contributed by atoms with Crippen LogP contribution in [0.25, 0.3) is 0 Å². The fourth-order valence-corrected chi connectivity index (χ4v) is 3.13. The second-order valence-electron chi connectivity index (χ2n) is 7.67. The van der Waals surface area contributed by atoms with E-state index in [0.29, 0.717) is 24.7 Å². The van der Waals surface area contributed by atoms with Gasteiger partial charge in [-0.2, -0.15) is 0 Å². The number of rotatable bonds is 16. The third kappa shape index (κ3) is 9.72. The van der Waals surface area contributed by atoms with Crippen molar-refractivity contribution in [1.29, 1.82) is 0 Å². The minimum atomic E-state index is -0.952. The fraction of sp³-hybridized carbons (Fsp3) is 0.542. The van der Waals surface area contributed by atoms with Crippen LogP contribution in [0.2, 0.25) is 0 Å². The molecule has 0 saturated heterocycles. The monoisotopic (exact) mass is 417 g/mol. The van der Waals surface area contributed by atoms with Crippen LogP contribution in [0, 0.1) is 17.8 Å². The van der Waals surface area contributed by atoms with E-state index in [1.54, 1.807) is 13.0 Å². The highest BCUT2D eigenvalue weighted by Crippen LogP contribution is 2.38. The van der Waals surface area contributed by atoms with Crippen molar-refractivity contribution in [2.45, 2.75) is 52.4 Å². The van der Waals surface area contributed by atoms with Crippen molar-refractivity contribution >= 4 is 17.7 Å². The van der Waals surface area contributed by atoms with Crippen LogP contribution in [-0.4, -0.2) is 36.0 Å². The zero-order chi connectivity index (χ0) is 22.5. The smallest absolute Gasteiger partial charge is 0.305 e. The van der Waals surface area contributed by atoms with Crippen LogP contribution < -0.4 is 0 Å². The molecule has 2 unspecified atom stereocenters. The summed E-state index contributed by atoms with van der Waals surface area (Å²) in [5.74, 6) is -1.17. The van der Waals surface area contributed by atoms with E-state index in [2.05, 4.69) is 31.8 Å². The molecule has 6 heteroatoms. The molecule has 1 saturated carbocycles. The number of nitrogens with zero attached hydrogens (tertiary/aromatic N) is 1. The summed E-state index contributed by atoms with van der Waals surface area (Å²) in [6.45, 7) is 16.0. The maximum Gasteiger partial charge on any atom is 0.305 e. The zero-order valence-corrected chi connectivity index (χ0v) is 18.3. The summed E-state index contributed by atoms with van der Waals surface area (Å²) >= 11 is 0. The lowest BCUT2D eigenvalue weighted by Gasteiger charge is -2.19. The molecule has 0 aromatic heterocycles. The summed E-state index contributed by atoms with van der Waals surface area (Å²) in [6.07, 6.45) is 8.56. The minimum Gasteiger partial charge on any atom is -0.481 e. The topological polar surface area (TPSA) is 85.2 Å². The zero-order valence-electron chi connectivity index (χ0n) is 18.3. The first-order valence-corrected chi connectivity index (χ1v) is 10.5. The maximum atomic E-state index is 11.8. The average molecular weight is 418 g/mol. The van der Waals surface area contributed by atoms with Gasteiger partial charge in [0.25, 0.3) is 0 Å². The van der Waals surface area contributed by atoms with Crippen LogP contribution >= 0.6 is 0 Å². The Balaban J connectivity index is 2.96. The van der Waals surface area contributed by atoms with Gasteiger partial charge >= 0.3 is 11.9 Å². The number of carboxylic acid groups (broad SMARTS) is 1. The van der Waals surface area contributed by atoms with Crippen LogP contribution in [0.15, 0.2) is 54.3 Å². The Labute approximate surface area is 180 Å². The molecule has 0 radical (unpaired) electrons. The van der Waals surface area contributed by atoms with Crippen molar-refractivity contribution < 1.29 is 24.3 Å². The molecule has 1 rings (SSSR count). The summed E-state index contributed by atoms with van der Waals surface area (Å²) < 4.78 is 4.98. The maximum absolute atomic E-state index is 11.8. The van der Waals surface area contributed by atoms with Crippen molar-refractivity contribution in [3.05, 3.63) is 49.1 Å². The first-order valence-electron chi connectivity index (χ1n) is 10.5. The van der Waals surface area contributed by atoms with Gasteiger partial charge in [-0.05, 0) is 55.6 Å². The van der Waals surface area contributed by atoms with Crippen LogP contribution in [-0.2, 0) is 19.2 Å². The molecule has 1 aliphatic carbocycles. The molecule has 6 nitrogen and oxygen atoms in total. The third-order valence-corrected chi connectivity index (χ3v) is 4.96. The molecule has 0 aromatic rings. The molecular formula is C24H35NO5. The molecular weight excluding hydrogens is 382 g/mol. The average Bonchev–Trinajstić information content (AvgIpc) is 3.53. The number of allylic oxidation sites excluding steroid dienone is 4. The van der Waals surface area contributed by atoms with E-state index >= 15 is 0 Å². The van der Waals surface area contributed by atoms with Gasteiger partial charge < -0.3 is 14.7 Å². The van der Waals surface area contributed by atoms with E-state index in [9.17, 15) is 14.7 Å². The number of hydrogen-bond donors (Lipinski definition) is 1. The SMILES string of the molecule is C=C/C=C(\CO/N=C(\C(=C)C1CC1)C(CCC(=O)OCC)CC(=O)O)CC(C)C=C. The summed E-state index contributed by atoms with van der Waals surface area (Å²) in [6, 6.07) is 0. The molecule has 1 fully saturated rings. The van der Waals surface area contributed by atoms with Crippen LogP contribution in [0.1, 0.15) is 52.4 Å². The predicted molar refractivity (Wildman–Crippen MR) is 119 cm³/mol. The number of ether oxygens (including phenoxy) is 1. The van der Waals surface area contributed by atoms with Crippen molar-refractivity contribution in [3.8, 4) is 0 Å². The van der Waals surface area contributed by atoms with E-state index in [1.807, 2.05) is 12.2 Å². The highest BCUT2D eigenvalue weighted by Gasteiger charge is 2.32. The first-order chi connectivity index (χ1) is 14.3. The highest BCUT2D eigenvalue weighted by molar-refractivity contribution is 6.03. The largest absolute Gasteiger partial charge is 0.481 e. The van der Waals surface area contributed by atoms with Gasteiger partial charge in [-0.25, -0.2) is 0 Å². The minimum absolute atomic E-state index is 0.126. The van der Waals surface area contributed by atoms with Gasteiger partial charge in [0.15, 0.2) is 0 Å². The number of esters is 1. The van der Waals surface area contributed by atoms with Gasteiger partial charge in [-0.15, -0.1) is 6.58 Å². The first kappa shape index (κ1) is 25.4. The molecule has 0 heterocycles. The van der Waals surface area contributed by atoms with E-state index < -0.39 is 11.9 Å². The Morgan fingerprint density at radius 2 is 1.97 bits per heavy atom. The van der Waals surface area contributed by atoms with Crippen LogP contribution in [0.4, 0.5) is 0 Å². The molecule has 1 N–H and O–H groups in total. The molecule has 1 aliphatic rings. The van der Waals surface area contributed by atoms with Gasteiger partial charge in [0, 0.05) is 12.3 Å². The van der Waals surface area contributed by atoms with Crippen LogP contribution in [0.5, 0.6) is 0 Å². The van der Waals surface area contributed by atoms with E-state index in [-0.39, 0.29) is 31.3 Å². The molecule has 2 atom stereocenters. The standard InChI is InChI=1S/C24H35NO5/c1-6-9-19(14-17(4)7-2)16-30-25-24(18(5)20-10-11-20)21(15-22(26)27)12-13-23(28)29-8-3/h6-7,9,17,20-21H,1-2,5,8,10-16H2,3-4H3,(H,26,27)/b19-9-,25-24+. The van der Waals surface area contributed by atoms with Gasteiger partial charge in [0.05, 0.1) is 18.7 Å². The fourth-order valence-electron chi connectivity index (χ4n) is 3.13. The van der Waals surface area contributed by atoms with Crippen molar-refractivity contribution in [2.75, 3.05) is 13.2 Å². The van der Waals surface area contributed by atoms with E-state index in [0.717, 1.165) is 30.4 Å². The Kier molecular flexibility index (Phi) is 11.5. The Morgan fingerprint density at radius 1 is 1.27 bits per heavy atom. The normalized spacial score (nSPS) is 16.3. The molecule has 0 bridgehead atoms. The molecule has 0 aromatic carbocycles.